The number of rotatable bonds is 4. The van der Waals surface area contributed by atoms with Crippen LogP contribution in [0.1, 0.15) is 30.0 Å². The van der Waals surface area contributed by atoms with Gasteiger partial charge in [-0.1, -0.05) is 48.0 Å². The number of hydrogen-bond acceptors (Lipinski definition) is 4. The van der Waals surface area contributed by atoms with Crippen LogP contribution in [-0.4, -0.2) is 28.5 Å². The SMILES string of the molecule is CC1=C(c2cccnc2)N=C(c2ccccc2)C(NC(=O)Oc2ccc(C)cc2)(C(F)(F)F)C1. The van der Waals surface area contributed by atoms with Crippen molar-refractivity contribution >= 4 is 17.5 Å². The second kappa shape index (κ2) is 9.13. The standard InChI is InChI=1S/C26H22F3N3O2/c1-17-10-12-21(13-11-17)34-24(33)32-25(26(27,28)29)15-18(2)22(20-9-6-14-30-16-20)31-23(25)19-7-4-3-5-8-19/h3-14,16H,15H2,1-2H3,(H,32,33). The number of carbonyl (C=O) groups excluding carboxylic acids is 1. The molecule has 2 aromatic carbocycles. The van der Waals surface area contributed by atoms with Crippen LogP contribution >= 0.6 is 0 Å². The maximum absolute atomic E-state index is 14.8. The second-order valence-corrected chi connectivity index (χ2v) is 8.10. The van der Waals surface area contributed by atoms with Gasteiger partial charge < -0.3 is 10.1 Å². The minimum Gasteiger partial charge on any atom is -0.410 e. The summed E-state index contributed by atoms with van der Waals surface area (Å²) >= 11 is 0. The van der Waals surface area contributed by atoms with Gasteiger partial charge in [-0.2, -0.15) is 13.2 Å². The van der Waals surface area contributed by atoms with Gasteiger partial charge in [0.1, 0.15) is 5.75 Å². The van der Waals surface area contributed by atoms with Gasteiger partial charge in [-0.3, -0.25) is 4.98 Å². The van der Waals surface area contributed by atoms with Crippen molar-refractivity contribution in [3.05, 3.63) is 101 Å². The fraction of sp³-hybridized carbons (Fsp3) is 0.192. The number of benzene rings is 2. The first-order valence-corrected chi connectivity index (χ1v) is 10.6. The van der Waals surface area contributed by atoms with Gasteiger partial charge in [0, 0.05) is 24.4 Å². The molecule has 8 heteroatoms. The third-order valence-electron chi connectivity index (χ3n) is 5.58. The van der Waals surface area contributed by atoms with Crippen molar-refractivity contribution in [2.75, 3.05) is 0 Å². The summed E-state index contributed by atoms with van der Waals surface area (Å²) in [5.41, 5.74) is -0.594. The first-order valence-electron chi connectivity index (χ1n) is 10.6. The fourth-order valence-corrected chi connectivity index (χ4v) is 3.91. The molecule has 2 heterocycles. The molecule has 0 saturated carbocycles. The Hall–Kier alpha value is -3.94. The van der Waals surface area contributed by atoms with Gasteiger partial charge >= 0.3 is 12.3 Å². The van der Waals surface area contributed by atoms with E-state index in [2.05, 4.69) is 15.3 Å². The number of carbonyl (C=O) groups is 1. The number of aliphatic imine (C=N–C) groups is 1. The van der Waals surface area contributed by atoms with Crippen LogP contribution < -0.4 is 10.1 Å². The normalized spacial score (nSPS) is 18.3. The minimum atomic E-state index is -4.87. The first kappa shape index (κ1) is 23.2. The lowest BCUT2D eigenvalue weighted by Crippen LogP contribution is -2.65. The third kappa shape index (κ3) is 4.57. The quantitative estimate of drug-likeness (QED) is 0.506. The zero-order valence-corrected chi connectivity index (χ0v) is 18.6. The Morgan fingerprint density at radius 2 is 1.65 bits per heavy atom. The molecule has 0 aliphatic carbocycles. The predicted molar refractivity (Wildman–Crippen MR) is 124 cm³/mol. The molecule has 0 fully saturated rings. The minimum absolute atomic E-state index is 0.137. The molecule has 0 radical (unpaired) electrons. The molecule has 1 aromatic heterocycles. The molecule has 1 aliphatic heterocycles. The van der Waals surface area contributed by atoms with Crippen LogP contribution in [0.4, 0.5) is 18.0 Å². The number of aryl methyl sites for hydroxylation is 1. The molecule has 3 aromatic rings. The maximum atomic E-state index is 14.8. The summed E-state index contributed by atoms with van der Waals surface area (Å²) in [5, 5.41) is 2.12. The number of ether oxygens (including phenoxy) is 1. The van der Waals surface area contributed by atoms with Crippen molar-refractivity contribution in [3.63, 3.8) is 0 Å². The van der Waals surface area contributed by atoms with Crippen molar-refractivity contribution < 1.29 is 22.7 Å². The summed E-state index contributed by atoms with van der Waals surface area (Å²) in [6, 6.07) is 17.9. The Bertz CT molecular complexity index is 1240. The van der Waals surface area contributed by atoms with Gasteiger partial charge in [0.25, 0.3) is 0 Å². The van der Waals surface area contributed by atoms with E-state index in [1.54, 1.807) is 61.8 Å². The maximum Gasteiger partial charge on any atom is 0.417 e. The van der Waals surface area contributed by atoms with Crippen LogP contribution in [0.25, 0.3) is 5.70 Å². The van der Waals surface area contributed by atoms with Crippen molar-refractivity contribution in [1.82, 2.24) is 10.3 Å². The molecule has 34 heavy (non-hydrogen) atoms. The smallest absolute Gasteiger partial charge is 0.410 e. The number of aromatic nitrogens is 1. The number of nitrogens with one attached hydrogen (secondary N) is 1. The Kier molecular flexibility index (Phi) is 6.24. The fourth-order valence-electron chi connectivity index (χ4n) is 3.91. The second-order valence-electron chi connectivity index (χ2n) is 8.10. The highest BCUT2D eigenvalue weighted by molar-refractivity contribution is 6.13. The van der Waals surface area contributed by atoms with E-state index in [-0.39, 0.29) is 17.0 Å². The monoisotopic (exact) mass is 465 g/mol. The van der Waals surface area contributed by atoms with E-state index in [0.717, 1.165) is 5.56 Å². The van der Waals surface area contributed by atoms with Gasteiger partial charge in [0.15, 0.2) is 5.54 Å². The molecule has 1 N–H and O–H groups in total. The number of nitrogens with zero attached hydrogens (tertiary/aromatic N) is 2. The van der Waals surface area contributed by atoms with E-state index in [9.17, 15) is 18.0 Å². The van der Waals surface area contributed by atoms with E-state index in [1.807, 2.05) is 6.92 Å². The lowest BCUT2D eigenvalue weighted by atomic mass is 9.79. The van der Waals surface area contributed by atoms with E-state index in [4.69, 9.17) is 4.74 Å². The van der Waals surface area contributed by atoms with Gasteiger partial charge in [0.05, 0.1) is 11.4 Å². The molecule has 174 valence electrons. The highest BCUT2D eigenvalue weighted by Crippen LogP contribution is 2.44. The number of amides is 1. The molecular formula is C26H22F3N3O2. The van der Waals surface area contributed by atoms with Crippen LogP contribution in [-0.2, 0) is 0 Å². The molecule has 0 spiro atoms. The van der Waals surface area contributed by atoms with Gasteiger partial charge in [-0.15, -0.1) is 0 Å². The highest BCUT2D eigenvalue weighted by atomic mass is 19.4. The summed E-state index contributed by atoms with van der Waals surface area (Å²) in [7, 11) is 0. The Morgan fingerprint density at radius 1 is 0.971 bits per heavy atom. The van der Waals surface area contributed by atoms with Gasteiger partial charge in [-0.05, 0) is 49.2 Å². The molecule has 1 unspecified atom stereocenters. The van der Waals surface area contributed by atoms with Crippen molar-refractivity contribution in [2.24, 2.45) is 4.99 Å². The van der Waals surface area contributed by atoms with Crippen LogP contribution in [0.3, 0.4) is 0 Å². The molecular weight excluding hydrogens is 443 g/mol. The van der Waals surface area contributed by atoms with Crippen molar-refractivity contribution in [2.45, 2.75) is 32.0 Å². The van der Waals surface area contributed by atoms with E-state index >= 15 is 0 Å². The summed E-state index contributed by atoms with van der Waals surface area (Å²) < 4.78 is 49.6. The lowest BCUT2D eigenvalue weighted by molar-refractivity contribution is -0.172. The Morgan fingerprint density at radius 3 is 2.26 bits per heavy atom. The summed E-state index contributed by atoms with van der Waals surface area (Å²) in [4.78, 5) is 21.3. The van der Waals surface area contributed by atoms with Crippen LogP contribution in [0.5, 0.6) is 5.75 Å². The lowest BCUT2D eigenvalue weighted by Gasteiger charge is -2.40. The summed E-state index contributed by atoms with van der Waals surface area (Å²) in [6.07, 6.45) is -3.49. The number of hydrogen-bond donors (Lipinski definition) is 1. The molecule has 0 saturated heterocycles. The zero-order chi connectivity index (χ0) is 24.3. The molecule has 4 rings (SSSR count). The average molecular weight is 465 g/mol. The van der Waals surface area contributed by atoms with Crippen LogP contribution in [0, 0.1) is 6.92 Å². The third-order valence-corrected chi connectivity index (χ3v) is 5.58. The first-order chi connectivity index (χ1) is 16.2. The predicted octanol–water partition coefficient (Wildman–Crippen LogP) is 6.10. The Labute approximate surface area is 195 Å². The van der Waals surface area contributed by atoms with Crippen LogP contribution in [0.2, 0.25) is 0 Å². The zero-order valence-electron chi connectivity index (χ0n) is 18.6. The van der Waals surface area contributed by atoms with E-state index < -0.39 is 24.2 Å². The van der Waals surface area contributed by atoms with E-state index in [1.165, 1.54) is 24.3 Å². The largest absolute Gasteiger partial charge is 0.417 e. The van der Waals surface area contributed by atoms with Crippen molar-refractivity contribution in [1.29, 1.82) is 0 Å². The summed E-state index contributed by atoms with van der Waals surface area (Å²) in [6.45, 7) is 3.42. The molecule has 1 atom stereocenters. The Balaban J connectivity index is 1.80. The molecule has 5 nitrogen and oxygen atoms in total. The van der Waals surface area contributed by atoms with Gasteiger partial charge in [-0.25, -0.2) is 9.79 Å². The highest BCUT2D eigenvalue weighted by Gasteiger charge is 2.61. The van der Waals surface area contributed by atoms with Crippen molar-refractivity contribution in [3.8, 4) is 5.75 Å². The molecule has 0 bridgehead atoms. The van der Waals surface area contributed by atoms with Gasteiger partial charge in [0.2, 0.25) is 0 Å². The molecule has 1 aliphatic rings. The van der Waals surface area contributed by atoms with E-state index in [0.29, 0.717) is 16.8 Å². The average Bonchev–Trinajstić information content (AvgIpc) is 2.81. The summed E-state index contributed by atoms with van der Waals surface area (Å²) in [5.74, 6) is 0.137. The number of pyridine rings is 1. The molecule has 1 amide bonds. The number of halogens is 3. The number of alkyl halides is 3. The van der Waals surface area contributed by atoms with Crippen LogP contribution in [0.15, 0.2) is 89.7 Å². The topological polar surface area (TPSA) is 63.6 Å².